The van der Waals surface area contributed by atoms with Gasteiger partial charge in [0.15, 0.2) is 6.61 Å². The molecule has 0 heterocycles. The van der Waals surface area contributed by atoms with Crippen LogP contribution in [0.5, 0.6) is 0 Å². The van der Waals surface area contributed by atoms with Crippen molar-refractivity contribution in [2.45, 2.75) is 19.1 Å². The van der Waals surface area contributed by atoms with Crippen LogP contribution in [0.25, 0.3) is 0 Å². The molecule has 7 nitrogen and oxygen atoms in total. The van der Waals surface area contributed by atoms with Crippen molar-refractivity contribution in [1.29, 1.82) is 0 Å². The van der Waals surface area contributed by atoms with Crippen LogP contribution in [-0.4, -0.2) is 30.6 Å². The van der Waals surface area contributed by atoms with E-state index in [4.69, 9.17) is 15.2 Å². The first kappa shape index (κ1) is 20.4. The fourth-order valence-corrected chi connectivity index (χ4v) is 2.46. The van der Waals surface area contributed by atoms with Crippen LogP contribution in [0.3, 0.4) is 0 Å². The third-order valence-electron chi connectivity index (χ3n) is 3.50. The molecule has 0 saturated carbocycles. The Labute approximate surface area is 165 Å². The molecule has 2 amide bonds. The molecule has 2 aromatic rings. The number of halogens is 1. The summed E-state index contributed by atoms with van der Waals surface area (Å²) in [5.41, 5.74) is 6.60. The Kier molecular flexibility index (Phi) is 7.81. The van der Waals surface area contributed by atoms with E-state index in [1.807, 2.05) is 42.5 Å². The normalized spacial score (nSPS) is 11.3. The van der Waals surface area contributed by atoms with Crippen LogP contribution in [-0.2, 0) is 32.1 Å². The summed E-state index contributed by atoms with van der Waals surface area (Å²) >= 11 is 3.33. The van der Waals surface area contributed by atoms with Gasteiger partial charge in [-0.15, -0.1) is 0 Å². The highest BCUT2D eigenvalue weighted by molar-refractivity contribution is 9.10. The Morgan fingerprint density at radius 3 is 2.26 bits per heavy atom. The molecule has 0 spiro atoms. The summed E-state index contributed by atoms with van der Waals surface area (Å²) in [6.45, 7) is -0.496. The number of carbonyl (C=O) groups excluding carboxylic acids is 3. The Hall–Kier alpha value is -2.87. The molecule has 0 aliphatic heterocycles. The molecule has 0 unspecified atom stereocenters. The van der Waals surface area contributed by atoms with Crippen molar-refractivity contribution < 1.29 is 23.9 Å². The molecule has 0 aromatic heterocycles. The molecule has 2 aromatic carbocycles. The van der Waals surface area contributed by atoms with Crippen LogP contribution in [0.2, 0.25) is 0 Å². The van der Waals surface area contributed by atoms with Crippen molar-refractivity contribution in [1.82, 2.24) is 5.32 Å². The fraction of sp³-hybridized carbons (Fsp3) is 0.211. The Morgan fingerprint density at radius 1 is 0.963 bits per heavy atom. The SMILES string of the molecule is NC(=O)COC(=O)[C@@H](Cc1ccc(Br)cc1)NC(=O)OCc1ccccc1. The van der Waals surface area contributed by atoms with Crippen LogP contribution < -0.4 is 11.1 Å². The lowest BCUT2D eigenvalue weighted by Crippen LogP contribution is -2.44. The van der Waals surface area contributed by atoms with E-state index < -0.39 is 30.6 Å². The topological polar surface area (TPSA) is 108 Å². The summed E-state index contributed by atoms with van der Waals surface area (Å²) in [5.74, 6) is -1.55. The van der Waals surface area contributed by atoms with E-state index in [-0.39, 0.29) is 13.0 Å². The van der Waals surface area contributed by atoms with E-state index >= 15 is 0 Å². The summed E-state index contributed by atoms with van der Waals surface area (Å²) in [7, 11) is 0. The molecule has 1 atom stereocenters. The van der Waals surface area contributed by atoms with E-state index in [1.54, 1.807) is 12.1 Å². The summed E-state index contributed by atoms with van der Waals surface area (Å²) in [6, 6.07) is 15.3. The highest BCUT2D eigenvalue weighted by atomic mass is 79.9. The molecular formula is C19H19BrN2O5. The van der Waals surface area contributed by atoms with Gasteiger partial charge in [0, 0.05) is 10.9 Å². The minimum Gasteiger partial charge on any atom is -0.454 e. The van der Waals surface area contributed by atoms with Crippen molar-refractivity contribution in [3.05, 3.63) is 70.2 Å². The number of amides is 2. The Balaban J connectivity index is 1.99. The zero-order valence-corrected chi connectivity index (χ0v) is 16.0. The van der Waals surface area contributed by atoms with Gasteiger partial charge in [0.1, 0.15) is 12.6 Å². The van der Waals surface area contributed by atoms with E-state index in [0.717, 1.165) is 15.6 Å². The number of nitrogens with two attached hydrogens (primary N) is 1. The van der Waals surface area contributed by atoms with Gasteiger partial charge in [-0.1, -0.05) is 58.4 Å². The number of alkyl carbamates (subject to hydrolysis) is 1. The minimum atomic E-state index is -1.02. The molecule has 0 fully saturated rings. The minimum absolute atomic E-state index is 0.0635. The first-order valence-electron chi connectivity index (χ1n) is 8.10. The van der Waals surface area contributed by atoms with Gasteiger partial charge in [0.2, 0.25) is 0 Å². The maximum absolute atomic E-state index is 12.2. The average molecular weight is 435 g/mol. The lowest BCUT2D eigenvalue weighted by atomic mass is 10.1. The van der Waals surface area contributed by atoms with Crippen molar-refractivity contribution in [3.63, 3.8) is 0 Å². The number of carbonyl (C=O) groups is 3. The van der Waals surface area contributed by atoms with Crippen molar-refractivity contribution in [2.24, 2.45) is 5.73 Å². The van der Waals surface area contributed by atoms with Crippen LogP contribution in [0.4, 0.5) is 4.79 Å². The predicted octanol–water partition coefficient (Wildman–Crippen LogP) is 2.32. The molecule has 142 valence electrons. The number of benzene rings is 2. The molecule has 2 rings (SSSR count). The molecule has 0 aliphatic rings. The van der Waals surface area contributed by atoms with Gasteiger partial charge in [-0.05, 0) is 23.3 Å². The summed E-state index contributed by atoms with van der Waals surface area (Å²) < 4.78 is 10.9. The summed E-state index contributed by atoms with van der Waals surface area (Å²) in [4.78, 5) is 35.1. The number of nitrogens with one attached hydrogen (secondary N) is 1. The van der Waals surface area contributed by atoms with E-state index in [0.29, 0.717) is 0 Å². The quantitative estimate of drug-likeness (QED) is 0.619. The molecule has 0 saturated heterocycles. The number of primary amides is 1. The van der Waals surface area contributed by atoms with Gasteiger partial charge < -0.3 is 20.5 Å². The monoisotopic (exact) mass is 434 g/mol. The van der Waals surface area contributed by atoms with Crippen LogP contribution in [0, 0.1) is 0 Å². The lowest BCUT2D eigenvalue weighted by Gasteiger charge is -2.17. The molecule has 27 heavy (non-hydrogen) atoms. The second kappa shape index (κ2) is 10.3. The zero-order chi connectivity index (χ0) is 19.6. The molecule has 0 aliphatic carbocycles. The van der Waals surface area contributed by atoms with Crippen molar-refractivity contribution >= 4 is 33.9 Å². The number of hydrogen-bond acceptors (Lipinski definition) is 5. The van der Waals surface area contributed by atoms with Crippen LogP contribution in [0.15, 0.2) is 59.1 Å². The van der Waals surface area contributed by atoms with E-state index in [9.17, 15) is 14.4 Å². The average Bonchev–Trinajstić information content (AvgIpc) is 2.66. The highest BCUT2D eigenvalue weighted by Crippen LogP contribution is 2.12. The largest absolute Gasteiger partial charge is 0.454 e. The van der Waals surface area contributed by atoms with Gasteiger partial charge in [-0.2, -0.15) is 0 Å². The maximum Gasteiger partial charge on any atom is 0.408 e. The van der Waals surface area contributed by atoms with Gasteiger partial charge in [0.25, 0.3) is 5.91 Å². The molecule has 0 radical (unpaired) electrons. The van der Waals surface area contributed by atoms with Crippen molar-refractivity contribution in [2.75, 3.05) is 6.61 Å². The first-order valence-corrected chi connectivity index (χ1v) is 8.90. The second-order valence-electron chi connectivity index (χ2n) is 5.66. The zero-order valence-electron chi connectivity index (χ0n) is 14.4. The van der Waals surface area contributed by atoms with E-state index in [2.05, 4.69) is 21.2 Å². The summed E-state index contributed by atoms with van der Waals surface area (Å²) in [6.07, 6.45) is -0.595. The molecule has 0 bridgehead atoms. The number of hydrogen-bond donors (Lipinski definition) is 2. The third kappa shape index (κ3) is 7.49. The molecule has 8 heteroatoms. The standard InChI is InChI=1S/C19H19BrN2O5/c20-15-8-6-13(7-9-15)10-16(18(24)26-12-17(21)23)22-19(25)27-11-14-4-2-1-3-5-14/h1-9,16H,10-12H2,(H2,21,23)(H,22,25)/t16-/m1/s1. The Morgan fingerprint density at radius 2 is 1.63 bits per heavy atom. The van der Waals surface area contributed by atoms with Gasteiger partial charge in [-0.25, -0.2) is 9.59 Å². The maximum atomic E-state index is 12.2. The number of ether oxygens (including phenoxy) is 2. The summed E-state index contributed by atoms with van der Waals surface area (Å²) in [5, 5.41) is 2.47. The Bertz CT molecular complexity index is 780. The third-order valence-corrected chi connectivity index (χ3v) is 4.03. The van der Waals surface area contributed by atoms with Gasteiger partial charge in [0.05, 0.1) is 0 Å². The fourth-order valence-electron chi connectivity index (χ4n) is 2.20. The highest BCUT2D eigenvalue weighted by Gasteiger charge is 2.24. The van der Waals surface area contributed by atoms with Crippen LogP contribution in [0.1, 0.15) is 11.1 Å². The molecular weight excluding hydrogens is 416 g/mol. The number of esters is 1. The van der Waals surface area contributed by atoms with Gasteiger partial charge >= 0.3 is 12.1 Å². The second-order valence-corrected chi connectivity index (χ2v) is 6.58. The first-order chi connectivity index (χ1) is 12.9. The number of rotatable bonds is 8. The smallest absolute Gasteiger partial charge is 0.408 e. The lowest BCUT2D eigenvalue weighted by molar-refractivity contribution is -0.149. The van der Waals surface area contributed by atoms with Crippen molar-refractivity contribution in [3.8, 4) is 0 Å². The molecule has 3 N–H and O–H groups in total. The predicted molar refractivity (Wildman–Crippen MR) is 102 cm³/mol. The van der Waals surface area contributed by atoms with E-state index in [1.165, 1.54) is 0 Å². The van der Waals surface area contributed by atoms with Crippen LogP contribution >= 0.6 is 15.9 Å². The van der Waals surface area contributed by atoms with Gasteiger partial charge in [-0.3, -0.25) is 4.79 Å².